The van der Waals surface area contributed by atoms with E-state index >= 15 is 0 Å². The number of anilines is 1. The zero-order valence-electron chi connectivity index (χ0n) is 19.1. The number of amides is 2. The second-order valence-corrected chi connectivity index (χ2v) is 10.8. The summed E-state index contributed by atoms with van der Waals surface area (Å²) in [6, 6.07) is 1.91. The maximum atomic E-state index is 12.9. The van der Waals surface area contributed by atoms with Gasteiger partial charge < -0.3 is 14.7 Å². The number of thioether (sulfide) groups is 1. The highest BCUT2D eigenvalue weighted by atomic mass is 35.5. The van der Waals surface area contributed by atoms with Crippen LogP contribution >= 0.6 is 23.4 Å². The normalized spacial score (nSPS) is 23.1. The minimum atomic E-state index is 0.129. The third-order valence-corrected chi connectivity index (χ3v) is 8.09. The highest BCUT2D eigenvalue weighted by molar-refractivity contribution is 7.99. The summed E-state index contributed by atoms with van der Waals surface area (Å²) in [6.07, 6.45) is 6.55. The first kappa shape index (κ1) is 23.6. The lowest BCUT2D eigenvalue weighted by Crippen LogP contribution is -2.55. The fourth-order valence-electron chi connectivity index (χ4n) is 4.99. The molecule has 176 valence electrons. The summed E-state index contributed by atoms with van der Waals surface area (Å²) in [4.78, 5) is 40.6. The van der Waals surface area contributed by atoms with Crippen molar-refractivity contribution in [2.45, 2.75) is 63.6 Å². The minimum absolute atomic E-state index is 0.129. The third kappa shape index (κ3) is 5.68. The standard InChI is InChI=1S/C23H34ClN5O2S/c1-16-7-9-27(10-8-16)21(30)15-32-23-25-19(24)13-20(26-23)28-11-12-29(17(2)14-28)22(31)18-5-3-4-6-18/h13,16-18H,3-12,14-15H2,1-2H3. The van der Waals surface area contributed by atoms with E-state index in [1.54, 1.807) is 6.07 Å². The maximum absolute atomic E-state index is 12.9. The molecule has 1 aromatic rings. The number of hydrogen-bond donors (Lipinski definition) is 0. The van der Waals surface area contributed by atoms with Crippen molar-refractivity contribution in [3.63, 3.8) is 0 Å². The van der Waals surface area contributed by atoms with E-state index in [1.165, 1.54) is 24.6 Å². The molecule has 9 heteroatoms. The van der Waals surface area contributed by atoms with Crippen molar-refractivity contribution >= 4 is 41.0 Å². The maximum Gasteiger partial charge on any atom is 0.233 e. The van der Waals surface area contributed by atoms with Gasteiger partial charge >= 0.3 is 0 Å². The molecule has 3 heterocycles. The van der Waals surface area contributed by atoms with E-state index in [0.717, 1.165) is 57.7 Å². The molecule has 0 bridgehead atoms. The van der Waals surface area contributed by atoms with Crippen LogP contribution in [0, 0.1) is 11.8 Å². The Morgan fingerprint density at radius 2 is 1.78 bits per heavy atom. The van der Waals surface area contributed by atoms with Crippen LogP contribution in [0.1, 0.15) is 52.4 Å². The second-order valence-electron chi connectivity index (χ2n) is 9.49. The topological polar surface area (TPSA) is 69.6 Å². The fourth-order valence-corrected chi connectivity index (χ4v) is 5.97. The minimum Gasteiger partial charge on any atom is -0.353 e. The molecule has 0 aromatic carbocycles. The Balaban J connectivity index is 1.34. The van der Waals surface area contributed by atoms with Gasteiger partial charge in [-0.15, -0.1) is 0 Å². The number of hydrogen-bond acceptors (Lipinski definition) is 6. The number of carbonyl (C=O) groups excluding carboxylic acids is 2. The molecule has 0 N–H and O–H groups in total. The van der Waals surface area contributed by atoms with Crippen LogP contribution in [0.4, 0.5) is 5.82 Å². The molecule has 0 radical (unpaired) electrons. The second kappa shape index (κ2) is 10.6. The Morgan fingerprint density at radius 3 is 2.47 bits per heavy atom. The largest absolute Gasteiger partial charge is 0.353 e. The molecule has 2 amide bonds. The predicted octanol–water partition coefficient (Wildman–Crippen LogP) is 3.71. The summed E-state index contributed by atoms with van der Waals surface area (Å²) < 4.78 is 0. The number of nitrogens with zero attached hydrogens (tertiary/aromatic N) is 5. The molecule has 1 saturated carbocycles. The van der Waals surface area contributed by atoms with Crippen molar-refractivity contribution in [1.29, 1.82) is 0 Å². The molecule has 3 aliphatic rings. The van der Waals surface area contributed by atoms with Crippen molar-refractivity contribution in [3.8, 4) is 0 Å². The summed E-state index contributed by atoms with van der Waals surface area (Å²) in [5.74, 6) is 2.46. The Morgan fingerprint density at radius 1 is 1.06 bits per heavy atom. The third-order valence-electron chi connectivity index (χ3n) is 7.06. The van der Waals surface area contributed by atoms with Crippen molar-refractivity contribution in [3.05, 3.63) is 11.2 Å². The Hall–Kier alpha value is -1.54. The molecule has 0 spiro atoms. The van der Waals surface area contributed by atoms with Crippen LogP contribution in [-0.2, 0) is 9.59 Å². The number of rotatable bonds is 5. The van der Waals surface area contributed by atoms with E-state index < -0.39 is 0 Å². The number of piperazine rings is 1. The molecule has 7 nitrogen and oxygen atoms in total. The van der Waals surface area contributed by atoms with Gasteiger partial charge in [0.15, 0.2) is 5.16 Å². The zero-order valence-corrected chi connectivity index (χ0v) is 20.7. The molecule has 1 atom stereocenters. The van der Waals surface area contributed by atoms with Crippen LogP contribution in [-0.4, -0.2) is 76.1 Å². The summed E-state index contributed by atoms with van der Waals surface area (Å²) in [7, 11) is 0. The van der Waals surface area contributed by atoms with E-state index in [9.17, 15) is 9.59 Å². The molecule has 1 aliphatic carbocycles. The van der Waals surface area contributed by atoms with Crippen molar-refractivity contribution < 1.29 is 9.59 Å². The van der Waals surface area contributed by atoms with Crippen LogP contribution in [0.25, 0.3) is 0 Å². The molecule has 1 aromatic heterocycles. The van der Waals surface area contributed by atoms with Crippen LogP contribution in [0.5, 0.6) is 0 Å². The molecular weight excluding hydrogens is 446 g/mol. The fraction of sp³-hybridized carbons (Fsp3) is 0.739. The van der Waals surface area contributed by atoms with Crippen LogP contribution < -0.4 is 4.90 Å². The van der Waals surface area contributed by atoms with Gasteiger partial charge in [-0.1, -0.05) is 43.1 Å². The molecule has 2 saturated heterocycles. The van der Waals surface area contributed by atoms with Gasteiger partial charge in [-0.05, 0) is 38.5 Å². The van der Waals surface area contributed by atoms with Crippen LogP contribution in [0.2, 0.25) is 5.15 Å². The lowest BCUT2D eigenvalue weighted by Gasteiger charge is -2.41. The smallest absolute Gasteiger partial charge is 0.233 e. The van der Waals surface area contributed by atoms with Gasteiger partial charge in [0.05, 0.1) is 5.75 Å². The Bertz CT molecular complexity index is 827. The first-order chi connectivity index (χ1) is 15.4. The van der Waals surface area contributed by atoms with Gasteiger partial charge in [-0.2, -0.15) is 0 Å². The van der Waals surface area contributed by atoms with Gasteiger partial charge in [0, 0.05) is 50.7 Å². The van der Waals surface area contributed by atoms with E-state index in [4.69, 9.17) is 11.6 Å². The van der Waals surface area contributed by atoms with Gasteiger partial charge in [-0.3, -0.25) is 9.59 Å². The summed E-state index contributed by atoms with van der Waals surface area (Å²) in [6.45, 7) is 8.17. The highest BCUT2D eigenvalue weighted by Gasteiger charge is 2.33. The lowest BCUT2D eigenvalue weighted by atomic mass is 9.99. The van der Waals surface area contributed by atoms with Crippen molar-refractivity contribution in [2.24, 2.45) is 11.8 Å². The monoisotopic (exact) mass is 479 g/mol. The SMILES string of the molecule is CC1CCN(C(=O)CSc2nc(Cl)cc(N3CCN(C(=O)C4CCCC4)C(C)C3)n2)CC1. The number of halogens is 1. The van der Waals surface area contributed by atoms with Gasteiger partial charge in [-0.25, -0.2) is 9.97 Å². The van der Waals surface area contributed by atoms with Gasteiger partial charge in [0.25, 0.3) is 0 Å². The van der Waals surface area contributed by atoms with E-state index in [2.05, 4.69) is 28.7 Å². The molecule has 3 fully saturated rings. The molecular formula is C23H34ClN5O2S. The highest BCUT2D eigenvalue weighted by Crippen LogP contribution is 2.29. The van der Waals surface area contributed by atoms with Crippen LogP contribution in [0.3, 0.4) is 0 Å². The Kier molecular flexibility index (Phi) is 7.82. The summed E-state index contributed by atoms with van der Waals surface area (Å²) >= 11 is 7.65. The van der Waals surface area contributed by atoms with Gasteiger partial charge in [0.1, 0.15) is 11.0 Å². The van der Waals surface area contributed by atoms with Crippen LogP contribution in [0.15, 0.2) is 11.2 Å². The average Bonchev–Trinajstić information content (AvgIpc) is 3.32. The van der Waals surface area contributed by atoms with E-state index in [1.807, 2.05) is 9.80 Å². The number of aromatic nitrogens is 2. The molecule has 4 rings (SSSR count). The van der Waals surface area contributed by atoms with Crippen molar-refractivity contribution in [2.75, 3.05) is 43.4 Å². The average molecular weight is 480 g/mol. The molecule has 32 heavy (non-hydrogen) atoms. The summed E-state index contributed by atoms with van der Waals surface area (Å²) in [5, 5.41) is 0.914. The number of likely N-dealkylation sites (tertiary alicyclic amines) is 1. The molecule has 1 unspecified atom stereocenters. The Labute approximate surface area is 200 Å². The molecule has 2 aliphatic heterocycles. The quantitative estimate of drug-likeness (QED) is 0.364. The van der Waals surface area contributed by atoms with E-state index in [0.29, 0.717) is 34.4 Å². The summed E-state index contributed by atoms with van der Waals surface area (Å²) in [5.41, 5.74) is 0. The first-order valence-electron chi connectivity index (χ1n) is 11.9. The van der Waals surface area contributed by atoms with Crippen molar-refractivity contribution in [1.82, 2.24) is 19.8 Å². The lowest BCUT2D eigenvalue weighted by molar-refractivity contribution is -0.137. The van der Waals surface area contributed by atoms with Gasteiger partial charge in [0.2, 0.25) is 11.8 Å². The number of piperidine rings is 1. The van der Waals surface area contributed by atoms with E-state index in [-0.39, 0.29) is 17.9 Å². The number of carbonyl (C=O) groups is 2. The first-order valence-corrected chi connectivity index (χ1v) is 13.3. The zero-order chi connectivity index (χ0) is 22.7. The predicted molar refractivity (Wildman–Crippen MR) is 128 cm³/mol.